The molecule has 1 aromatic carbocycles. The van der Waals surface area contributed by atoms with Crippen molar-refractivity contribution in [3.8, 4) is 0 Å². The quantitative estimate of drug-likeness (QED) is 0.594. The van der Waals surface area contributed by atoms with E-state index in [2.05, 4.69) is 36.7 Å². The summed E-state index contributed by atoms with van der Waals surface area (Å²) in [6.45, 7) is 14.4. The lowest BCUT2D eigenvalue weighted by Crippen LogP contribution is -2.39. The van der Waals surface area contributed by atoms with E-state index in [4.69, 9.17) is 4.74 Å². The Morgan fingerprint density at radius 1 is 1.10 bits per heavy atom. The number of hydrogen-bond donors (Lipinski definition) is 3. The van der Waals surface area contributed by atoms with E-state index in [1.165, 1.54) is 0 Å². The van der Waals surface area contributed by atoms with Crippen molar-refractivity contribution < 1.29 is 9.53 Å². The second kappa shape index (κ2) is 13.1. The number of carbonyl (C=O) groups excluding carboxylic acids is 1. The molecule has 3 N–H and O–H groups in total. The van der Waals surface area contributed by atoms with Crippen molar-refractivity contribution in [3.63, 3.8) is 0 Å². The summed E-state index contributed by atoms with van der Waals surface area (Å²) in [7, 11) is 0. The highest BCUT2D eigenvalue weighted by atomic mass is 32.2. The normalized spacial score (nSPS) is 19.7. The molecule has 0 fully saturated rings. The second-order valence-electron chi connectivity index (χ2n) is 7.26. The summed E-state index contributed by atoms with van der Waals surface area (Å²) >= 11 is 1.57. The molecule has 6 heteroatoms. The van der Waals surface area contributed by atoms with Gasteiger partial charge < -0.3 is 20.7 Å². The lowest BCUT2D eigenvalue weighted by Gasteiger charge is -2.20. The van der Waals surface area contributed by atoms with Crippen LogP contribution in [-0.2, 0) is 16.0 Å². The molecule has 3 rings (SSSR count). The smallest absolute Gasteiger partial charge is 0.226 e. The van der Waals surface area contributed by atoms with Crippen molar-refractivity contribution in [2.24, 2.45) is 5.41 Å². The van der Waals surface area contributed by atoms with Gasteiger partial charge in [-0.3, -0.25) is 4.79 Å². The summed E-state index contributed by atoms with van der Waals surface area (Å²) in [5.74, 6) is 0.948. The van der Waals surface area contributed by atoms with Gasteiger partial charge in [0.1, 0.15) is 5.76 Å². The third kappa shape index (κ3) is 8.57. The van der Waals surface area contributed by atoms with Gasteiger partial charge in [-0.05, 0) is 17.7 Å². The predicted molar refractivity (Wildman–Crippen MR) is 128 cm³/mol. The molecule has 2 unspecified atom stereocenters. The van der Waals surface area contributed by atoms with Gasteiger partial charge in [0.05, 0.1) is 6.42 Å². The Balaban J connectivity index is 0.00000106. The van der Waals surface area contributed by atoms with Crippen LogP contribution in [-0.4, -0.2) is 17.6 Å². The Morgan fingerprint density at radius 2 is 1.77 bits per heavy atom. The third-order valence-corrected chi connectivity index (χ3v) is 4.95. The minimum atomic E-state index is -0.155. The van der Waals surface area contributed by atoms with Crippen molar-refractivity contribution >= 4 is 17.7 Å². The number of allylic oxidation sites excluding steroid dienone is 2. The van der Waals surface area contributed by atoms with E-state index in [0.29, 0.717) is 6.42 Å². The number of thioether (sulfide) groups is 1. The fourth-order valence-corrected chi connectivity index (χ4v) is 3.42. The molecule has 166 valence electrons. The molecule has 1 amide bonds. The maximum absolute atomic E-state index is 12.1. The van der Waals surface area contributed by atoms with Crippen LogP contribution in [0.5, 0.6) is 0 Å². The zero-order chi connectivity index (χ0) is 22.6. The molecule has 0 saturated carbocycles. The van der Waals surface area contributed by atoms with Gasteiger partial charge in [-0.1, -0.05) is 90.6 Å². The second-order valence-corrected chi connectivity index (χ2v) is 8.44. The predicted octanol–water partition coefficient (Wildman–Crippen LogP) is 5.25. The highest BCUT2D eigenvalue weighted by Crippen LogP contribution is 2.30. The molecule has 5 nitrogen and oxygen atoms in total. The first kappa shape index (κ1) is 25.7. The van der Waals surface area contributed by atoms with Crippen molar-refractivity contribution in [2.45, 2.75) is 66.6 Å². The molecular formula is C24H37N3O2S. The Labute approximate surface area is 186 Å². The molecule has 0 saturated heterocycles. The van der Waals surface area contributed by atoms with Crippen LogP contribution in [0.25, 0.3) is 0 Å². The van der Waals surface area contributed by atoms with Crippen LogP contribution in [0.15, 0.2) is 65.5 Å². The van der Waals surface area contributed by atoms with Crippen LogP contribution < -0.4 is 16.0 Å². The minimum Gasteiger partial charge on any atom is -0.469 e. The van der Waals surface area contributed by atoms with Crippen molar-refractivity contribution in [1.82, 2.24) is 16.0 Å². The highest BCUT2D eigenvalue weighted by Gasteiger charge is 2.26. The molecule has 2 aliphatic heterocycles. The summed E-state index contributed by atoms with van der Waals surface area (Å²) in [5, 5.41) is 9.37. The Bertz CT molecular complexity index is 737. The van der Waals surface area contributed by atoms with Crippen LogP contribution in [0.4, 0.5) is 0 Å². The third-order valence-electron chi connectivity index (χ3n) is 3.94. The summed E-state index contributed by atoms with van der Waals surface area (Å²) < 4.78 is 5.88. The Kier molecular flexibility index (Phi) is 11.2. The van der Waals surface area contributed by atoms with Gasteiger partial charge in [0.15, 0.2) is 11.7 Å². The molecule has 2 heterocycles. The van der Waals surface area contributed by atoms with Crippen LogP contribution in [0, 0.1) is 5.41 Å². The van der Waals surface area contributed by atoms with Gasteiger partial charge in [0.25, 0.3) is 0 Å². The van der Waals surface area contributed by atoms with Gasteiger partial charge in [0, 0.05) is 22.7 Å². The Morgan fingerprint density at radius 3 is 2.37 bits per heavy atom. The van der Waals surface area contributed by atoms with E-state index in [0.717, 1.165) is 16.2 Å². The molecule has 2 atom stereocenters. The van der Waals surface area contributed by atoms with E-state index in [1.807, 2.05) is 82.6 Å². The topological polar surface area (TPSA) is 62.4 Å². The average molecular weight is 432 g/mol. The van der Waals surface area contributed by atoms with Crippen molar-refractivity contribution in [2.75, 3.05) is 0 Å². The molecule has 0 spiro atoms. The van der Waals surface area contributed by atoms with Crippen molar-refractivity contribution in [3.05, 3.63) is 71.1 Å². The SMILES string of the molecule is CC.CC.CC(C)(C)C1=CNC(/C=C\C2=CNC(NC(=O)Cc3ccccc3)S2)O1. The number of carbonyl (C=O) groups is 1. The summed E-state index contributed by atoms with van der Waals surface area (Å²) in [6.07, 6.45) is 8.03. The zero-order valence-corrected chi connectivity index (χ0v) is 20.1. The van der Waals surface area contributed by atoms with Crippen LogP contribution in [0.1, 0.15) is 54.0 Å². The zero-order valence-electron chi connectivity index (χ0n) is 19.3. The molecule has 2 aliphatic rings. The molecule has 0 aliphatic carbocycles. The van der Waals surface area contributed by atoms with Crippen molar-refractivity contribution in [1.29, 1.82) is 0 Å². The van der Waals surface area contributed by atoms with E-state index in [1.54, 1.807) is 11.8 Å². The lowest BCUT2D eigenvalue weighted by molar-refractivity contribution is -0.120. The summed E-state index contributed by atoms with van der Waals surface area (Å²) in [5.41, 5.74) is 0.853. The summed E-state index contributed by atoms with van der Waals surface area (Å²) in [6, 6.07) is 9.73. The lowest BCUT2D eigenvalue weighted by atomic mass is 9.95. The molecule has 0 radical (unpaired) electrons. The van der Waals surface area contributed by atoms with E-state index in [9.17, 15) is 4.79 Å². The van der Waals surface area contributed by atoms with E-state index in [-0.39, 0.29) is 23.0 Å². The molecule has 30 heavy (non-hydrogen) atoms. The average Bonchev–Trinajstić information content (AvgIpc) is 3.39. The number of ether oxygens (including phenoxy) is 1. The molecule has 0 bridgehead atoms. The number of rotatable bonds is 5. The largest absolute Gasteiger partial charge is 0.469 e. The highest BCUT2D eigenvalue weighted by molar-refractivity contribution is 8.04. The fourth-order valence-electron chi connectivity index (χ4n) is 2.53. The molecule has 1 aromatic rings. The van der Waals surface area contributed by atoms with Gasteiger partial charge in [0.2, 0.25) is 5.91 Å². The van der Waals surface area contributed by atoms with Crippen LogP contribution >= 0.6 is 11.8 Å². The van der Waals surface area contributed by atoms with Crippen LogP contribution in [0.2, 0.25) is 0 Å². The number of hydrogen-bond acceptors (Lipinski definition) is 5. The standard InChI is InChI=1S/C20H25N3O2S.2C2H6/c1-20(2,3)16-13-21-18(25-16)10-9-15-12-22-19(26-15)23-17(24)11-14-7-5-4-6-8-14;2*1-2/h4-10,12-13,18-19,21-22H,11H2,1-3H3,(H,23,24);2*1-2H3/b10-9-;;. The first-order chi connectivity index (χ1) is 14.4. The summed E-state index contributed by atoms with van der Waals surface area (Å²) in [4.78, 5) is 13.2. The first-order valence-corrected chi connectivity index (χ1v) is 11.6. The van der Waals surface area contributed by atoms with Gasteiger partial charge in [-0.25, -0.2) is 0 Å². The molecule has 0 aromatic heterocycles. The van der Waals surface area contributed by atoms with Gasteiger partial charge in [-0.15, -0.1) is 0 Å². The Hall–Kier alpha value is -2.34. The van der Waals surface area contributed by atoms with E-state index >= 15 is 0 Å². The van der Waals surface area contributed by atoms with Gasteiger partial charge in [-0.2, -0.15) is 0 Å². The minimum absolute atomic E-state index is 0.000332. The van der Waals surface area contributed by atoms with E-state index < -0.39 is 0 Å². The fraction of sp³-hybridized carbons (Fsp3) is 0.458. The van der Waals surface area contributed by atoms with Gasteiger partial charge >= 0.3 is 0 Å². The molecular weight excluding hydrogens is 394 g/mol. The number of benzene rings is 1. The number of amides is 1. The maximum atomic E-state index is 12.1. The number of nitrogens with one attached hydrogen (secondary N) is 3. The monoisotopic (exact) mass is 431 g/mol. The maximum Gasteiger partial charge on any atom is 0.226 e. The first-order valence-electron chi connectivity index (χ1n) is 10.7. The van der Waals surface area contributed by atoms with Crippen LogP contribution in [0.3, 0.4) is 0 Å².